The van der Waals surface area contributed by atoms with Crippen LogP contribution in [0.15, 0.2) is 168 Å². The van der Waals surface area contributed by atoms with Crippen molar-refractivity contribution in [2.24, 2.45) is 0 Å². The highest BCUT2D eigenvalue weighted by atomic mass is 16.3. The van der Waals surface area contributed by atoms with Crippen molar-refractivity contribution in [3.8, 4) is 22.6 Å². The fourth-order valence-electron chi connectivity index (χ4n) is 6.49. The Hall–Kier alpha value is -6.26. The highest BCUT2D eigenvalue weighted by Crippen LogP contribution is 2.41. The third-order valence-corrected chi connectivity index (χ3v) is 8.64. The van der Waals surface area contributed by atoms with Gasteiger partial charge in [-0.1, -0.05) is 109 Å². The topological polar surface area (TPSA) is 42.2 Å². The number of nitrogens with zero attached hydrogens (tertiary/aromatic N) is 3. The van der Waals surface area contributed by atoms with E-state index >= 15 is 0 Å². The molecule has 0 saturated carbocycles. The molecule has 9 aromatic rings. The zero-order valence-electron chi connectivity index (χ0n) is 24.8. The number of hydrogen-bond acceptors (Lipinski definition) is 4. The molecule has 0 aliphatic heterocycles. The molecule has 2 heterocycles. The van der Waals surface area contributed by atoms with E-state index in [1.54, 1.807) is 0 Å². The first-order valence-electron chi connectivity index (χ1n) is 15.4. The summed E-state index contributed by atoms with van der Waals surface area (Å²) in [5, 5.41) is 5.47. The van der Waals surface area contributed by atoms with E-state index in [1.807, 2.05) is 48.5 Å². The van der Waals surface area contributed by atoms with E-state index in [0.29, 0.717) is 5.82 Å². The number of anilines is 3. The fraction of sp³-hybridized carbons (Fsp3) is 0. The number of fused-ring (bicyclic) bond motifs is 5. The largest absolute Gasteiger partial charge is 0.456 e. The molecule has 0 spiro atoms. The van der Waals surface area contributed by atoms with Gasteiger partial charge in [-0.2, -0.15) is 0 Å². The zero-order valence-corrected chi connectivity index (χ0v) is 24.8. The molecule has 0 N–H and O–H groups in total. The number of para-hydroxylation sites is 2. The van der Waals surface area contributed by atoms with Crippen molar-refractivity contribution >= 4 is 60.7 Å². The van der Waals surface area contributed by atoms with Crippen LogP contribution in [0.1, 0.15) is 0 Å². The van der Waals surface area contributed by atoms with Crippen LogP contribution in [0.3, 0.4) is 0 Å². The molecule has 4 heteroatoms. The molecule has 0 saturated heterocycles. The molecule has 0 bridgehead atoms. The van der Waals surface area contributed by atoms with Crippen LogP contribution in [-0.2, 0) is 0 Å². The SMILES string of the molecule is c1ccc(-c2nc(-c3cccc4oc5cc(N(c6ccccc6)c6ccc7ccccc7c6)ccc5c34)nc3ccccc23)cc1. The summed E-state index contributed by atoms with van der Waals surface area (Å²) in [5.41, 5.74) is 8.63. The number of hydrogen-bond donors (Lipinski definition) is 0. The van der Waals surface area contributed by atoms with Crippen LogP contribution in [0.25, 0.3) is 66.3 Å². The summed E-state index contributed by atoms with van der Waals surface area (Å²) in [6.07, 6.45) is 0. The zero-order chi connectivity index (χ0) is 30.5. The van der Waals surface area contributed by atoms with Gasteiger partial charge in [0.05, 0.1) is 11.2 Å². The minimum atomic E-state index is 0.678. The number of benzene rings is 7. The standard InChI is InChI=1S/C42H27N3O/c1-3-13-29(14-4-1)41-34-18-9-10-20-37(34)43-42(44-41)36-19-11-21-38-40(36)35-25-24-33(27-39(35)46-38)45(31-16-5-2-6-17-31)32-23-22-28-12-7-8-15-30(28)26-32/h1-27H. The molecule has 0 radical (unpaired) electrons. The second kappa shape index (κ2) is 10.7. The normalized spacial score (nSPS) is 11.5. The molecule has 7 aromatic carbocycles. The van der Waals surface area contributed by atoms with Crippen molar-refractivity contribution in [2.75, 3.05) is 4.90 Å². The summed E-state index contributed by atoms with van der Waals surface area (Å²) in [6.45, 7) is 0. The summed E-state index contributed by atoms with van der Waals surface area (Å²) >= 11 is 0. The molecule has 216 valence electrons. The second-order valence-corrected chi connectivity index (χ2v) is 11.4. The Kier molecular flexibility index (Phi) is 6.10. The monoisotopic (exact) mass is 589 g/mol. The molecule has 0 aliphatic carbocycles. The molecule has 46 heavy (non-hydrogen) atoms. The molecule has 4 nitrogen and oxygen atoms in total. The third kappa shape index (κ3) is 4.39. The van der Waals surface area contributed by atoms with E-state index in [2.05, 4.69) is 120 Å². The molecule has 0 amide bonds. The van der Waals surface area contributed by atoms with Gasteiger partial charge in [0.25, 0.3) is 0 Å². The van der Waals surface area contributed by atoms with Gasteiger partial charge < -0.3 is 9.32 Å². The van der Waals surface area contributed by atoms with Crippen molar-refractivity contribution in [1.29, 1.82) is 0 Å². The number of aromatic nitrogens is 2. The number of furan rings is 1. The van der Waals surface area contributed by atoms with Crippen molar-refractivity contribution in [3.05, 3.63) is 164 Å². The highest BCUT2D eigenvalue weighted by Gasteiger charge is 2.19. The van der Waals surface area contributed by atoms with Crippen LogP contribution in [0.4, 0.5) is 17.1 Å². The second-order valence-electron chi connectivity index (χ2n) is 11.4. The van der Waals surface area contributed by atoms with E-state index in [-0.39, 0.29) is 0 Å². The lowest BCUT2D eigenvalue weighted by Crippen LogP contribution is -2.09. The van der Waals surface area contributed by atoms with E-state index in [0.717, 1.165) is 66.7 Å². The van der Waals surface area contributed by atoms with Crippen molar-refractivity contribution < 1.29 is 4.42 Å². The maximum Gasteiger partial charge on any atom is 0.161 e. The van der Waals surface area contributed by atoms with Crippen LogP contribution in [0, 0.1) is 0 Å². The van der Waals surface area contributed by atoms with Crippen LogP contribution in [0.5, 0.6) is 0 Å². The fourth-order valence-corrected chi connectivity index (χ4v) is 6.49. The summed E-state index contributed by atoms with van der Waals surface area (Å²) in [7, 11) is 0. The predicted octanol–water partition coefficient (Wildman–Crippen LogP) is 11.5. The van der Waals surface area contributed by atoms with Crippen molar-refractivity contribution in [1.82, 2.24) is 9.97 Å². The van der Waals surface area contributed by atoms with Gasteiger partial charge in [-0.05, 0) is 59.3 Å². The maximum absolute atomic E-state index is 6.57. The molecule has 0 atom stereocenters. The quantitative estimate of drug-likeness (QED) is 0.200. The first kappa shape index (κ1) is 26.2. The van der Waals surface area contributed by atoms with Gasteiger partial charge in [-0.15, -0.1) is 0 Å². The lowest BCUT2D eigenvalue weighted by Gasteiger charge is -2.25. The molecular formula is C42H27N3O. The van der Waals surface area contributed by atoms with Crippen molar-refractivity contribution in [2.45, 2.75) is 0 Å². The van der Waals surface area contributed by atoms with Crippen LogP contribution < -0.4 is 4.90 Å². The minimum Gasteiger partial charge on any atom is -0.456 e. The first-order valence-corrected chi connectivity index (χ1v) is 15.4. The molecule has 0 fully saturated rings. The Morgan fingerprint density at radius 3 is 2.04 bits per heavy atom. The van der Waals surface area contributed by atoms with E-state index in [1.165, 1.54) is 10.8 Å². The molecule has 0 aliphatic rings. The minimum absolute atomic E-state index is 0.678. The molecule has 0 unspecified atom stereocenters. The summed E-state index contributed by atoms with van der Waals surface area (Å²) in [6, 6.07) is 56.7. The number of rotatable bonds is 5. The van der Waals surface area contributed by atoms with E-state index in [4.69, 9.17) is 14.4 Å². The molecule has 9 rings (SSSR count). The van der Waals surface area contributed by atoms with E-state index < -0.39 is 0 Å². The average Bonchev–Trinajstić information content (AvgIpc) is 3.50. The summed E-state index contributed by atoms with van der Waals surface area (Å²) in [4.78, 5) is 12.5. The Morgan fingerprint density at radius 1 is 0.457 bits per heavy atom. The van der Waals surface area contributed by atoms with E-state index in [9.17, 15) is 0 Å². The average molecular weight is 590 g/mol. The summed E-state index contributed by atoms with van der Waals surface area (Å²) in [5.74, 6) is 0.678. The van der Waals surface area contributed by atoms with Crippen LogP contribution >= 0.6 is 0 Å². The van der Waals surface area contributed by atoms with Gasteiger partial charge in [0, 0.05) is 50.4 Å². The maximum atomic E-state index is 6.57. The Bertz CT molecular complexity index is 2540. The Labute approximate surface area is 265 Å². The Balaban J connectivity index is 1.23. The van der Waals surface area contributed by atoms with Gasteiger partial charge in [-0.25, -0.2) is 9.97 Å². The van der Waals surface area contributed by atoms with Crippen LogP contribution in [0.2, 0.25) is 0 Å². The lowest BCUT2D eigenvalue weighted by atomic mass is 10.0. The Morgan fingerprint density at radius 2 is 1.17 bits per heavy atom. The van der Waals surface area contributed by atoms with Gasteiger partial charge in [0.1, 0.15) is 11.2 Å². The molecule has 2 aromatic heterocycles. The van der Waals surface area contributed by atoms with Gasteiger partial charge in [0.2, 0.25) is 0 Å². The third-order valence-electron chi connectivity index (χ3n) is 8.64. The lowest BCUT2D eigenvalue weighted by molar-refractivity contribution is 0.669. The highest BCUT2D eigenvalue weighted by molar-refractivity contribution is 6.13. The van der Waals surface area contributed by atoms with Gasteiger partial charge >= 0.3 is 0 Å². The predicted molar refractivity (Wildman–Crippen MR) is 190 cm³/mol. The van der Waals surface area contributed by atoms with Crippen LogP contribution in [-0.4, -0.2) is 9.97 Å². The van der Waals surface area contributed by atoms with Gasteiger partial charge in [0.15, 0.2) is 5.82 Å². The first-order chi connectivity index (χ1) is 22.8. The smallest absolute Gasteiger partial charge is 0.161 e. The summed E-state index contributed by atoms with van der Waals surface area (Å²) < 4.78 is 6.57. The molecular weight excluding hydrogens is 562 g/mol. The van der Waals surface area contributed by atoms with Gasteiger partial charge in [-0.3, -0.25) is 0 Å². The van der Waals surface area contributed by atoms with Crippen molar-refractivity contribution in [3.63, 3.8) is 0 Å².